The average Bonchev–Trinajstić information content (AvgIpc) is 3.01. The van der Waals surface area contributed by atoms with Gasteiger partial charge in [0.15, 0.2) is 0 Å². The van der Waals surface area contributed by atoms with E-state index < -0.39 is 0 Å². The van der Waals surface area contributed by atoms with Gasteiger partial charge in [-0.1, -0.05) is 18.2 Å². The second-order valence-electron chi connectivity index (χ2n) is 7.28. The molecular formula is C22H26N4O. The Kier molecular flexibility index (Phi) is 4.84. The van der Waals surface area contributed by atoms with Crippen LogP contribution in [0.25, 0.3) is 5.65 Å². The molecule has 0 saturated carbocycles. The summed E-state index contributed by atoms with van der Waals surface area (Å²) in [5.41, 5.74) is 5.62. The van der Waals surface area contributed by atoms with Crippen molar-refractivity contribution in [2.75, 3.05) is 31.1 Å². The first-order valence-corrected chi connectivity index (χ1v) is 9.64. The Balaban J connectivity index is 1.35. The van der Waals surface area contributed by atoms with E-state index in [4.69, 9.17) is 0 Å². The summed E-state index contributed by atoms with van der Waals surface area (Å²) in [4.78, 5) is 21.7. The van der Waals surface area contributed by atoms with Crippen LogP contribution in [0.5, 0.6) is 0 Å². The molecule has 1 amide bonds. The number of anilines is 1. The maximum absolute atomic E-state index is 12.7. The lowest BCUT2D eigenvalue weighted by Crippen LogP contribution is -2.48. The number of aryl methyl sites for hydroxylation is 3. The molecule has 0 unspecified atom stereocenters. The number of hydrogen-bond acceptors (Lipinski definition) is 3. The van der Waals surface area contributed by atoms with Gasteiger partial charge in [0.2, 0.25) is 5.91 Å². The van der Waals surface area contributed by atoms with Gasteiger partial charge in [-0.2, -0.15) is 0 Å². The molecule has 1 aliphatic rings. The van der Waals surface area contributed by atoms with Crippen molar-refractivity contribution in [3.05, 3.63) is 65.6 Å². The number of pyridine rings is 1. The Hall–Kier alpha value is -2.82. The van der Waals surface area contributed by atoms with Crippen molar-refractivity contribution in [1.82, 2.24) is 14.3 Å². The molecule has 27 heavy (non-hydrogen) atoms. The number of hydrogen-bond donors (Lipinski definition) is 0. The fraction of sp³-hybridized carbons (Fsp3) is 0.364. The van der Waals surface area contributed by atoms with Gasteiger partial charge < -0.3 is 14.2 Å². The molecule has 5 heteroatoms. The molecule has 0 aliphatic carbocycles. The fourth-order valence-electron chi connectivity index (χ4n) is 3.89. The predicted molar refractivity (Wildman–Crippen MR) is 108 cm³/mol. The van der Waals surface area contributed by atoms with Crippen molar-refractivity contribution >= 4 is 17.2 Å². The van der Waals surface area contributed by atoms with E-state index in [1.165, 1.54) is 11.3 Å². The number of piperazine rings is 1. The number of imidazole rings is 1. The number of amides is 1. The van der Waals surface area contributed by atoms with Gasteiger partial charge in [0.1, 0.15) is 5.65 Å². The molecule has 0 spiro atoms. The number of nitrogens with zero attached hydrogens (tertiary/aromatic N) is 4. The highest BCUT2D eigenvalue weighted by Gasteiger charge is 2.21. The Morgan fingerprint density at radius 3 is 2.63 bits per heavy atom. The maximum Gasteiger partial charge on any atom is 0.223 e. The fourth-order valence-corrected chi connectivity index (χ4v) is 3.89. The summed E-state index contributed by atoms with van der Waals surface area (Å²) in [6, 6.07) is 14.6. The van der Waals surface area contributed by atoms with Crippen LogP contribution in [0.2, 0.25) is 0 Å². The lowest BCUT2D eigenvalue weighted by atomic mass is 10.1. The van der Waals surface area contributed by atoms with Crippen LogP contribution in [0.1, 0.15) is 23.4 Å². The maximum atomic E-state index is 12.7. The first kappa shape index (κ1) is 17.6. The second-order valence-corrected chi connectivity index (χ2v) is 7.28. The summed E-state index contributed by atoms with van der Waals surface area (Å²) < 4.78 is 2.10. The van der Waals surface area contributed by atoms with E-state index in [0.717, 1.165) is 49.6 Å². The molecule has 2 aromatic heterocycles. The molecule has 0 N–H and O–H groups in total. The highest BCUT2D eigenvalue weighted by molar-refractivity contribution is 5.77. The van der Waals surface area contributed by atoms with Crippen LogP contribution in [0.15, 0.2) is 48.7 Å². The molecule has 3 aromatic rings. The molecule has 1 aromatic carbocycles. The summed E-state index contributed by atoms with van der Waals surface area (Å²) in [6.07, 6.45) is 3.29. The van der Waals surface area contributed by atoms with Crippen molar-refractivity contribution in [3.63, 3.8) is 0 Å². The summed E-state index contributed by atoms with van der Waals surface area (Å²) >= 11 is 0. The second kappa shape index (κ2) is 7.43. The number of rotatable bonds is 4. The predicted octanol–water partition coefficient (Wildman–Crippen LogP) is 3.23. The molecule has 1 saturated heterocycles. The van der Waals surface area contributed by atoms with Crippen molar-refractivity contribution < 1.29 is 4.79 Å². The third kappa shape index (κ3) is 3.68. The number of aromatic nitrogens is 2. The monoisotopic (exact) mass is 362 g/mol. The van der Waals surface area contributed by atoms with Crippen molar-refractivity contribution in [2.45, 2.75) is 26.7 Å². The summed E-state index contributed by atoms with van der Waals surface area (Å²) in [5.74, 6) is 0.240. The average molecular weight is 362 g/mol. The first-order chi connectivity index (χ1) is 13.1. The third-order valence-corrected chi connectivity index (χ3v) is 5.40. The van der Waals surface area contributed by atoms with Crippen LogP contribution in [0.3, 0.4) is 0 Å². The van der Waals surface area contributed by atoms with Gasteiger partial charge in [-0.25, -0.2) is 4.98 Å². The lowest BCUT2D eigenvalue weighted by Gasteiger charge is -2.36. The van der Waals surface area contributed by atoms with Crippen LogP contribution in [-0.4, -0.2) is 46.4 Å². The van der Waals surface area contributed by atoms with E-state index in [1.54, 1.807) is 0 Å². The Morgan fingerprint density at radius 2 is 1.85 bits per heavy atom. The topological polar surface area (TPSA) is 40.8 Å². The van der Waals surface area contributed by atoms with Crippen LogP contribution >= 0.6 is 0 Å². The number of benzene rings is 1. The van der Waals surface area contributed by atoms with E-state index in [0.29, 0.717) is 6.42 Å². The molecule has 1 aliphatic heterocycles. The molecule has 140 valence electrons. The van der Waals surface area contributed by atoms with Gasteiger partial charge in [-0.05, 0) is 50.1 Å². The van der Waals surface area contributed by atoms with E-state index >= 15 is 0 Å². The smallest absolute Gasteiger partial charge is 0.223 e. The SMILES string of the molecule is Cc1cccc(N2CCN(C(=O)CCc3c(C)nc4ccccn34)CC2)c1. The van der Waals surface area contributed by atoms with Crippen LogP contribution in [0.4, 0.5) is 5.69 Å². The minimum Gasteiger partial charge on any atom is -0.368 e. The van der Waals surface area contributed by atoms with E-state index in [1.807, 2.05) is 36.2 Å². The lowest BCUT2D eigenvalue weighted by molar-refractivity contribution is -0.131. The molecule has 0 atom stereocenters. The molecule has 0 radical (unpaired) electrons. The van der Waals surface area contributed by atoms with Gasteiger partial charge in [0, 0.05) is 50.2 Å². The molecular weight excluding hydrogens is 336 g/mol. The van der Waals surface area contributed by atoms with Gasteiger partial charge in [0.05, 0.1) is 5.69 Å². The van der Waals surface area contributed by atoms with Gasteiger partial charge in [0.25, 0.3) is 0 Å². The zero-order chi connectivity index (χ0) is 18.8. The summed E-state index contributed by atoms with van der Waals surface area (Å²) in [6.45, 7) is 7.50. The van der Waals surface area contributed by atoms with E-state index in [-0.39, 0.29) is 5.91 Å². The van der Waals surface area contributed by atoms with Gasteiger partial charge in [-0.3, -0.25) is 4.79 Å². The first-order valence-electron chi connectivity index (χ1n) is 9.64. The van der Waals surface area contributed by atoms with Crippen molar-refractivity contribution in [3.8, 4) is 0 Å². The molecule has 3 heterocycles. The number of fused-ring (bicyclic) bond motifs is 1. The minimum atomic E-state index is 0.240. The Labute approximate surface area is 160 Å². The standard InChI is InChI=1S/C22H26N4O/c1-17-6-5-7-19(16-17)24-12-14-25(15-13-24)22(27)10-9-20-18(2)23-21-8-3-4-11-26(20)21/h3-8,11,16H,9-10,12-15H2,1-2H3. The Morgan fingerprint density at radius 1 is 1.04 bits per heavy atom. The largest absolute Gasteiger partial charge is 0.368 e. The normalized spacial score (nSPS) is 14.7. The van der Waals surface area contributed by atoms with Gasteiger partial charge >= 0.3 is 0 Å². The quantitative estimate of drug-likeness (QED) is 0.715. The molecule has 5 nitrogen and oxygen atoms in total. The zero-order valence-corrected chi connectivity index (χ0v) is 16.1. The summed E-state index contributed by atoms with van der Waals surface area (Å²) in [7, 11) is 0. The van der Waals surface area contributed by atoms with Crippen LogP contribution in [-0.2, 0) is 11.2 Å². The highest BCUT2D eigenvalue weighted by Crippen LogP contribution is 2.19. The zero-order valence-electron chi connectivity index (χ0n) is 16.1. The molecule has 0 bridgehead atoms. The highest BCUT2D eigenvalue weighted by atomic mass is 16.2. The van der Waals surface area contributed by atoms with E-state index in [9.17, 15) is 4.79 Å². The third-order valence-electron chi connectivity index (χ3n) is 5.40. The minimum absolute atomic E-state index is 0.240. The van der Waals surface area contributed by atoms with Crippen molar-refractivity contribution in [1.29, 1.82) is 0 Å². The van der Waals surface area contributed by atoms with E-state index in [2.05, 4.69) is 45.5 Å². The molecule has 4 rings (SSSR count). The Bertz CT molecular complexity index is 954. The van der Waals surface area contributed by atoms with Crippen LogP contribution < -0.4 is 4.90 Å². The number of carbonyl (C=O) groups excluding carboxylic acids is 1. The van der Waals surface area contributed by atoms with Gasteiger partial charge in [-0.15, -0.1) is 0 Å². The summed E-state index contributed by atoms with van der Waals surface area (Å²) in [5, 5.41) is 0. The molecule has 1 fully saturated rings. The van der Waals surface area contributed by atoms with Crippen molar-refractivity contribution in [2.24, 2.45) is 0 Å². The van der Waals surface area contributed by atoms with Crippen LogP contribution in [0, 0.1) is 13.8 Å². The number of carbonyl (C=O) groups is 1.